The lowest BCUT2D eigenvalue weighted by molar-refractivity contribution is 1.37. The number of aryl methyl sites for hydroxylation is 1. The van der Waals surface area contributed by atoms with Crippen molar-refractivity contribution in [2.45, 2.75) is 13.3 Å². The standard InChI is InChI=1S/C14H13I/c1-11-5-7-13(8-6-11)12-3-2-4-14(15)10-9-12/h2-8,10H,9H2,1H3. The molecule has 1 aliphatic carbocycles. The summed E-state index contributed by atoms with van der Waals surface area (Å²) in [7, 11) is 0. The summed E-state index contributed by atoms with van der Waals surface area (Å²) in [6, 6.07) is 8.72. The molecule has 0 saturated heterocycles. The van der Waals surface area contributed by atoms with Crippen molar-refractivity contribution in [3.8, 4) is 0 Å². The molecule has 0 atom stereocenters. The van der Waals surface area contributed by atoms with E-state index in [2.05, 4.69) is 78.1 Å². The van der Waals surface area contributed by atoms with Crippen molar-refractivity contribution in [2.24, 2.45) is 0 Å². The SMILES string of the molecule is Cc1ccc(C2=CC=CC(I)=CC2)cc1. The van der Waals surface area contributed by atoms with Crippen LogP contribution in [0, 0.1) is 6.92 Å². The Morgan fingerprint density at radius 3 is 2.60 bits per heavy atom. The van der Waals surface area contributed by atoms with E-state index >= 15 is 0 Å². The van der Waals surface area contributed by atoms with Gasteiger partial charge in [-0.25, -0.2) is 0 Å². The van der Waals surface area contributed by atoms with Crippen LogP contribution in [-0.2, 0) is 0 Å². The van der Waals surface area contributed by atoms with Crippen LogP contribution in [0.5, 0.6) is 0 Å². The monoisotopic (exact) mass is 308 g/mol. The third-order valence-corrected chi connectivity index (χ3v) is 3.29. The first-order chi connectivity index (χ1) is 7.25. The van der Waals surface area contributed by atoms with Crippen molar-refractivity contribution in [1.82, 2.24) is 0 Å². The summed E-state index contributed by atoms with van der Waals surface area (Å²) in [6.07, 6.45) is 9.75. The van der Waals surface area contributed by atoms with Gasteiger partial charge in [-0.2, -0.15) is 0 Å². The van der Waals surface area contributed by atoms with Gasteiger partial charge in [0.15, 0.2) is 0 Å². The fourth-order valence-corrected chi connectivity index (χ4v) is 2.01. The maximum atomic E-state index is 2.36. The van der Waals surface area contributed by atoms with Gasteiger partial charge in [0, 0.05) is 3.58 Å². The van der Waals surface area contributed by atoms with Gasteiger partial charge < -0.3 is 0 Å². The fourth-order valence-electron chi connectivity index (χ4n) is 1.58. The van der Waals surface area contributed by atoms with Gasteiger partial charge in [-0.15, -0.1) is 0 Å². The highest BCUT2D eigenvalue weighted by Crippen LogP contribution is 2.24. The van der Waals surface area contributed by atoms with Crippen molar-refractivity contribution in [1.29, 1.82) is 0 Å². The Morgan fingerprint density at radius 2 is 1.87 bits per heavy atom. The van der Waals surface area contributed by atoms with E-state index in [-0.39, 0.29) is 0 Å². The molecule has 0 fully saturated rings. The van der Waals surface area contributed by atoms with Gasteiger partial charge in [-0.05, 0) is 53.1 Å². The summed E-state index contributed by atoms with van der Waals surface area (Å²) in [5.74, 6) is 0. The lowest BCUT2D eigenvalue weighted by Crippen LogP contribution is -1.83. The summed E-state index contributed by atoms with van der Waals surface area (Å²) in [5, 5.41) is 0. The third-order valence-electron chi connectivity index (χ3n) is 2.49. The minimum absolute atomic E-state index is 1.02. The highest BCUT2D eigenvalue weighted by Gasteiger charge is 2.01. The molecule has 0 N–H and O–H groups in total. The van der Waals surface area contributed by atoms with Crippen molar-refractivity contribution < 1.29 is 0 Å². The molecule has 0 heterocycles. The average Bonchev–Trinajstić information content (AvgIpc) is 2.44. The van der Waals surface area contributed by atoms with Crippen LogP contribution >= 0.6 is 22.6 Å². The zero-order chi connectivity index (χ0) is 10.7. The molecule has 0 bridgehead atoms. The Kier molecular flexibility index (Phi) is 3.41. The molecular weight excluding hydrogens is 295 g/mol. The second-order valence-electron chi connectivity index (χ2n) is 3.71. The number of allylic oxidation sites excluding steroid dienone is 6. The smallest absolute Gasteiger partial charge is 0.00933 e. The quantitative estimate of drug-likeness (QED) is 0.662. The van der Waals surface area contributed by atoms with Crippen LogP contribution in [-0.4, -0.2) is 0 Å². The fraction of sp³-hybridized carbons (Fsp3) is 0.143. The van der Waals surface area contributed by atoms with Crippen LogP contribution in [0.3, 0.4) is 0 Å². The van der Waals surface area contributed by atoms with Gasteiger partial charge in [0.05, 0.1) is 0 Å². The maximum absolute atomic E-state index is 2.36. The molecule has 1 aliphatic rings. The van der Waals surface area contributed by atoms with E-state index in [1.54, 1.807) is 0 Å². The molecule has 0 aliphatic heterocycles. The predicted octanol–water partition coefficient (Wildman–Crippen LogP) is 4.66. The summed E-state index contributed by atoms with van der Waals surface area (Å²) in [6.45, 7) is 2.12. The molecule has 2 rings (SSSR count). The summed E-state index contributed by atoms with van der Waals surface area (Å²) < 4.78 is 1.31. The largest absolute Gasteiger partial charge is 0.0667 e. The second kappa shape index (κ2) is 4.79. The van der Waals surface area contributed by atoms with Crippen LogP contribution in [0.4, 0.5) is 0 Å². The molecule has 1 aromatic carbocycles. The van der Waals surface area contributed by atoms with Gasteiger partial charge in [0.1, 0.15) is 0 Å². The molecule has 0 amide bonds. The molecule has 0 saturated carbocycles. The van der Waals surface area contributed by atoms with Gasteiger partial charge in [-0.1, -0.05) is 48.1 Å². The van der Waals surface area contributed by atoms with E-state index in [1.165, 1.54) is 20.3 Å². The third kappa shape index (κ3) is 2.81. The average molecular weight is 308 g/mol. The Balaban J connectivity index is 2.29. The van der Waals surface area contributed by atoms with E-state index in [4.69, 9.17) is 0 Å². The number of rotatable bonds is 1. The number of benzene rings is 1. The molecular formula is C14H13I. The van der Waals surface area contributed by atoms with Crippen LogP contribution in [0.2, 0.25) is 0 Å². The van der Waals surface area contributed by atoms with E-state index in [0.717, 1.165) is 6.42 Å². The Labute approximate surface area is 105 Å². The molecule has 15 heavy (non-hydrogen) atoms. The van der Waals surface area contributed by atoms with Crippen LogP contribution in [0.25, 0.3) is 5.57 Å². The van der Waals surface area contributed by atoms with E-state index < -0.39 is 0 Å². The summed E-state index contributed by atoms with van der Waals surface area (Å²) >= 11 is 2.36. The molecule has 76 valence electrons. The minimum Gasteiger partial charge on any atom is -0.0667 e. The number of halogens is 1. The van der Waals surface area contributed by atoms with Crippen molar-refractivity contribution in [3.05, 3.63) is 63.3 Å². The van der Waals surface area contributed by atoms with Gasteiger partial charge in [0.2, 0.25) is 0 Å². The maximum Gasteiger partial charge on any atom is 0.00933 e. The van der Waals surface area contributed by atoms with Crippen molar-refractivity contribution in [2.75, 3.05) is 0 Å². The van der Waals surface area contributed by atoms with Crippen molar-refractivity contribution >= 4 is 28.2 Å². The van der Waals surface area contributed by atoms with E-state index in [0.29, 0.717) is 0 Å². The Hall–Kier alpha value is -0.830. The Morgan fingerprint density at radius 1 is 1.13 bits per heavy atom. The minimum atomic E-state index is 1.02. The molecule has 0 aromatic heterocycles. The topological polar surface area (TPSA) is 0 Å². The first-order valence-electron chi connectivity index (χ1n) is 5.05. The molecule has 0 spiro atoms. The highest BCUT2D eigenvalue weighted by atomic mass is 127. The lowest BCUT2D eigenvalue weighted by Gasteiger charge is -2.04. The summed E-state index contributed by atoms with van der Waals surface area (Å²) in [4.78, 5) is 0. The molecule has 1 heteroatoms. The number of hydrogen-bond donors (Lipinski definition) is 0. The van der Waals surface area contributed by atoms with Crippen LogP contribution in [0.15, 0.2) is 52.1 Å². The van der Waals surface area contributed by atoms with E-state index in [9.17, 15) is 0 Å². The first kappa shape index (κ1) is 10.7. The summed E-state index contributed by atoms with van der Waals surface area (Å²) in [5.41, 5.74) is 4.03. The normalized spacial score (nSPS) is 15.6. The van der Waals surface area contributed by atoms with E-state index in [1.807, 2.05) is 0 Å². The second-order valence-corrected chi connectivity index (χ2v) is 4.96. The Bertz CT molecular complexity index is 430. The molecule has 0 unspecified atom stereocenters. The van der Waals surface area contributed by atoms with Crippen LogP contribution < -0.4 is 0 Å². The first-order valence-corrected chi connectivity index (χ1v) is 6.13. The van der Waals surface area contributed by atoms with Crippen LogP contribution in [0.1, 0.15) is 17.5 Å². The van der Waals surface area contributed by atoms with Crippen molar-refractivity contribution in [3.63, 3.8) is 0 Å². The molecule has 0 radical (unpaired) electrons. The molecule has 0 nitrogen and oxygen atoms in total. The zero-order valence-electron chi connectivity index (χ0n) is 8.70. The van der Waals surface area contributed by atoms with Gasteiger partial charge in [0.25, 0.3) is 0 Å². The zero-order valence-corrected chi connectivity index (χ0v) is 10.9. The lowest BCUT2D eigenvalue weighted by atomic mass is 10.0. The molecule has 1 aromatic rings. The highest BCUT2D eigenvalue weighted by molar-refractivity contribution is 14.1. The van der Waals surface area contributed by atoms with Gasteiger partial charge >= 0.3 is 0 Å². The van der Waals surface area contributed by atoms with Gasteiger partial charge in [-0.3, -0.25) is 0 Å². The number of hydrogen-bond acceptors (Lipinski definition) is 0. The predicted molar refractivity (Wildman–Crippen MR) is 75.0 cm³/mol.